The number of thiophene rings is 1. The first-order valence-corrected chi connectivity index (χ1v) is 3.97. The SMILES string of the molecule is C=C(OC)c1cc(Cl)cs1. The molecule has 0 spiro atoms. The lowest BCUT2D eigenvalue weighted by molar-refractivity contribution is 0.373. The topological polar surface area (TPSA) is 9.23 Å². The third-order valence-electron chi connectivity index (χ3n) is 1.09. The first kappa shape index (κ1) is 7.63. The third-order valence-corrected chi connectivity index (χ3v) is 2.41. The zero-order chi connectivity index (χ0) is 7.56. The van der Waals surface area contributed by atoms with Gasteiger partial charge in [0.15, 0.2) is 0 Å². The molecule has 1 rings (SSSR count). The smallest absolute Gasteiger partial charge is 0.128 e. The fourth-order valence-electron chi connectivity index (χ4n) is 0.560. The minimum absolute atomic E-state index is 0.664. The maximum Gasteiger partial charge on any atom is 0.128 e. The van der Waals surface area contributed by atoms with Crippen LogP contribution in [0.5, 0.6) is 0 Å². The average Bonchev–Trinajstić information content (AvgIpc) is 2.34. The van der Waals surface area contributed by atoms with E-state index >= 15 is 0 Å². The van der Waals surface area contributed by atoms with Crippen molar-refractivity contribution < 1.29 is 4.74 Å². The van der Waals surface area contributed by atoms with Crippen LogP contribution in [0.3, 0.4) is 0 Å². The van der Waals surface area contributed by atoms with Gasteiger partial charge in [-0.2, -0.15) is 0 Å². The van der Waals surface area contributed by atoms with Crippen molar-refractivity contribution in [2.24, 2.45) is 0 Å². The molecule has 0 atom stereocenters. The molecule has 0 N–H and O–H groups in total. The van der Waals surface area contributed by atoms with Gasteiger partial charge in [-0.05, 0) is 6.07 Å². The van der Waals surface area contributed by atoms with Gasteiger partial charge in [0.05, 0.1) is 17.0 Å². The number of halogens is 1. The number of hydrogen-bond acceptors (Lipinski definition) is 2. The van der Waals surface area contributed by atoms with Crippen molar-refractivity contribution in [3.05, 3.63) is 27.9 Å². The summed E-state index contributed by atoms with van der Waals surface area (Å²) in [6.07, 6.45) is 0. The fraction of sp³-hybridized carbons (Fsp3) is 0.143. The Hall–Kier alpha value is -0.470. The summed E-state index contributed by atoms with van der Waals surface area (Å²) in [7, 11) is 1.59. The number of rotatable bonds is 2. The lowest BCUT2D eigenvalue weighted by Gasteiger charge is -1.97. The molecule has 0 radical (unpaired) electrons. The molecular weight excluding hydrogens is 168 g/mol. The summed E-state index contributed by atoms with van der Waals surface area (Å²) in [5.74, 6) is 0.664. The van der Waals surface area contributed by atoms with Crippen LogP contribution in [-0.2, 0) is 4.74 Å². The van der Waals surface area contributed by atoms with Crippen LogP contribution in [0.15, 0.2) is 18.0 Å². The molecule has 0 saturated heterocycles. The van der Waals surface area contributed by atoms with E-state index in [9.17, 15) is 0 Å². The molecule has 0 saturated carbocycles. The van der Waals surface area contributed by atoms with Gasteiger partial charge in [0, 0.05) is 5.38 Å². The van der Waals surface area contributed by atoms with Crippen molar-refractivity contribution in [1.29, 1.82) is 0 Å². The molecule has 0 aliphatic rings. The molecular formula is C7H7ClOS. The Balaban J connectivity index is 2.85. The minimum Gasteiger partial charge on any atom is -0.496 e. The quantitative estimate of drug-likeness (QED) is 0.627. The standard InChI is InChI=1S/C7H7ClOS/c1-5(9-2)7-3-6(8)4-10-7/h3-4H,1H2,2H3. The molecule has 54 valence electrons. The highest BCUT2D eigenvalue weighted by Crippen LogP contribution is 2.24. The predicted molar refractivity (Wildman–Crippen MR) is 45.4 cm³/mol. The molecule has 0 aromatic carbocycles. The second-order valence-corrected chi connectivity index (χ2v) is 3.10. The minimum atomic E-state index is 0.664. The van der Waals surface area contributed by atoms with Gasteiger partial charge in [0.25, 0.3) is 0 Å². The Labute approximate surface area is 68.9 Å². The van der Waals surface area contributed by atoms with Crippen LogP contribution in [0.4, 0.5) is 0 Å². The van der Waals surface area contributed by atoms with Crippen molar-refractivity contribution in [3.8, 4) is 0 Å². The Morgan fingerprint density at radius 3 is 2.90 bits per heavy atom. The molecule has 10 heavy (non-hydrogen) atoms. The van der Waals surface area contributed by atoms with Crippen LogP contribution in [0.1, 0.15) is 4.88 Å². The largest absolute Gasteiger partial charge is 0.496 e. The first-order chi connectivity index (χ1) is 4.74. The lowest BCUT2D eigenvalue weighted by atomic mass is 10.4. The molecule has 0 amide bonds. The van der Waals surface area contributed by atoms with E-state index < -0.39 is 0 Å². The molecule has 0 fully saturated rings. The monoisotopic (exact) mass is 174 g/mol. The van der Waals surface area contributed by atoms with E-state index in [0.29, 0.717) is 5.76 Å². The highest BCUT2D eigenvalue weighted by atomic mass is 35.5. The third kappa shape index (κ3) is 1.52. The Bertz CT molecular complexity index is 242. The van der Waals surface area contributed by atoms with E-state index in [0.717, 1.165) is 9.90 Å². The zero-order valence-corrected chi connectivity index (χ0v) is 7.13. The van der Waals surface area contributed by atoms with Gasteiger partial charge in [0.2, 0.25) is 0 Å². The predicted octanol–water partition coefficient (Wildman–Crippen LogP) is 3.02. The molecule has 1 aromatic heterocycles. The number of hydrogen-bond donors (Lipinski definition) is 0. The van der Waals surface area contributed by atoms with Gasteiger partial charge in [-0.25, -0.2) is 0 Å². The van der Waals surface area contributed by atoms with Crippen molar-refractivity contribution >= 4 is 28.7 Å². The van der Waals surface area contributed by atoms with E-state index in [1.54, 1.807) is 7.11 Å². The summed E-state index contributed by atoms with van der Waals surface area (Å²) in [6.45, 7) is 3.69. The van der Waals surface area contributed by atoms with E-state index in [4.69, 9.17) is 16.3 Å². The van der Waals surface area contributed by atoms with Crippen molar-refractivity contribution in [2.45, 2.75) is 0 Å². The lowest BCUT2D eigenvalue weighted by Crippen LogP contribution is -1.77. The zero-order valence-electron chi connectivity index (χ0n) is 5.56. The maximum absolute atomic E-state index is 5.68. The van der Waals surface area contributed by atoms with Crippen LogP contribution in [0, 0.1) is 0 Å². The van der Waals surface area contributed by atoms with Crippen molar-refractivity contribution in [1.82, 2.24) is 0 Å². The molecule has 1 aromatic rings. The van der Waals surface area contributed by atoms with Crippen molar-refractivity contribution in [2.75, 3.05) is 7.11 Å². The molecule has 1 heterocycles. The second-order valence-electron chi connectivity index (χ2n) is 1.76. The molecule has 1 nitrogen and oxygen atoms in total. The van der Waals surface area contributed by atoms with Crippen LogP contribution in [-0.4, -0.2) is 7.11 Å². The summed E-state index contributed by atoms with van der Waals surface area (Å²) in [5, 5.41) is 2.58. The molecule has 0 unspecified atom stereocenters. The highest BCUT2D eigenvalue weighted by molar-refractivity contribution is 7.11. The number of ether oxygens (including phenoxy) is 1. The Morgan fingerprint density at radius 2 is 2.50 bits per heavy atom. The maximum atomic E-state index is 5.68. The summed E-state index contributed by atoms with van der Waals surface area (Å²) in [5.41, 5.74) is 0. The van der Waals surface area contributed by atoms with E-state index in [1.165, 1.54) is 11.3 Å². The van der Waals surface area contributed by atoms with E-state index in [2.05, 4.69) is 6.58 Å². The van der Waals surface area contributed by atoms with Crippen LogP contribution < -0.4 is 0 Å². The highest BCUT2D eigenvalue weighted by Gasteiger charge is 2.00. The summed E-state index contributed by atoms with van der Waals surface area (Å²) in [6, 6.07) is 1.83. The van der Waals surface area contributed by atoms with Gasteiger partial charge in [0.1, 0.15) is 5.76 Å². The number of methoxy groups -OCH3 is 1. The van der Waals surface area contributed by atoms with Gasteiger partial charge < -0.3 is 4.74 Å². The summed E-state index contributed by atoms with van der Waals surface area (Å²) >= 11 is 7.20. The average molecular weight is 175 g/mol. The van der Waals surface area contributed by atoms with Gasteiger partial charge in [-0.3, -0.25) is 0 Å². The molecule has 0 bridgehead atoms. The fourth-order valence-corrected chi connectivity index (χ4v) is 1.58. The van der Waals surface area contributed by atoms with Crippen LogP contribution >= 0.6 is 22.9 Å². The molecule has 3 heteroatoms. The van der Waals surface area contributed by atoms with Gasteiger partial charge in [-0.1, -0.05) is 18.2 Å². The van der Waals surface area contributed by atoms with E-state index in [1.807, 2.05) is 11.4 Å². The molecule has 0 aliphatic heterocycles. The van der Waals surface area contributed by atoms with Crippen LogP contribution in [0.25, 0.3) is 5.76 Å². The van der Waals surface area contributed by atoms with E-state index in [-0.39, 0.29) is 0 Å². The van der Waals surface area contributed by atoms with Crippen molar-refractivity contribution in [3.63, 3.8) is 0 Å². The summed E-state index contributed by atoms with van der Waals surface area (Å²) in [4.78, 5) is 0.979. The summed E-state index contributed by atoms with van der Waals surface area (Å²) < 4.78 is 4.91. The van der Waals surface area contributed by atoms with Gasteiger partial charge in [-0.15, -0.1) is 11.3 Å². The second kappa shape index (κ2) is 3.08. The van der Waals surface area contributed by atoms with Gasteiger partial charge >= 0.3 is 0 Å². The first-order valence-electron chi connectivity index (χ1n) is 2.71. The Kier molecular flexibility index (Phi) is 2.35. The van der Waals surface area contributed by atoms with Crippen LogP contribution in [0.2, 0.25) is 5.02 Å². The Morgan fingerprint density at radius 1 is 1.80 bits per heavy atom. The molecule has 0 aliphatic carbocycles. The normalized spacial score (nSPS) is 9.40.